The molecule has 2 aromatic rings. The number of carboxylic acids is 1. The second-order valence-corrected chi connectivity index (χ2v) is 8.04. The van der Waals surface area contributed by atoms with Gasteiger partial charge in [0, 0.05) is 12.3 Å². The number of aromatic carboxylic acids is 1. The van der Waals surface area contributed by atoms with Crippen molar-refractivity contribution in [2.45, 2.75) is 30.8 Å². The Morgan fingerprint density at radius 1 is 1.26 bits per heavy atom. The summed E-state index contributed by atoms with van der Waals surface area (Å²) in [6.07, 6.45) is 1.83. The number of carboxylic acid groups (broad SMARTS) is 1. The van der Waals surface area contributed by atoms with Gasteiger partial charge in [-0.15, -0.1) is 0 Å². The smallest absolute Gasteiger partial charge is 0.335 e. The summed E-state index contributed by atoms with van der Waals surface area (Å²) in [6, 6.07) is 10.4. The SMILES string of the molecule is Cc1ccc(OC[C@H]2CCCO2)c(S(=O)(=O)Nc2ccc(C(=O)O)cc2)c1. The number of rotatable bonds is 7. The Hall–Kier alpha value is -2.58. The van der Waals surface area contributed by atoms with E-state index in [9.17, 15) is 13.2 Å². The molecular weight excluding hydrogens is 370 g/mol. The minimum Gasteiger partial charge on any atom is -0.489 e. The third kappa shape index (κ3) is 4.78. The highest BCUT2D eigenvalue weighted by molar-refractivity contribution is 7.92. The van der Waals surface area contributed by atoms with Gasteiger partial charge in [-0.05, 0) is 61.7 Å². The van der Waals surface area contributed by atoms with Crippen molar-refractivity contribution >= 4 is 21.7 Å². The number of nitrogens with one attached hydrogen (secondary N) is 1. The molecule has 1 aliphatic rings. The van der Waals surface area contributed by atoms with Crippen LogP contribution < -0.4 is 9.46 Å². The number of aryl methyl sites for hydroxylation is 1. The van der Waals surface area contributed by atoms with Gasteiger partial charge in [-0.3, -0.25) is 4.72 Å². The molecule has 0 unspecified atom stereocenters. The fraction of sp³-hybridized carbons (Fsp3) is 0.316. The van der Waals surface area contributed by atoms with E-state index in [0.29, 0.717) is 13.2 Å². The molecule has 0 amide bonds. The molecule has 0 spiro atoms. The summed E-state index contributed by atoms with van der Waals surface area (Å²) in [6.45, 7) is 2.78. The average molecular weight is 391 g/mol. The molecule has 3 rings (SSSR count). The predicted octanol–water partition coefficient (Wildman–Crippen LogP) is 3.05. The lowest BCUT2D eigenvalue weighted by atomic mass is 10.2. The van der Waals surface area contributed by atoms with E-state index in [1.54, 1.807) is 25.1 Å². The van der Waals surface area contributed by atoms with Crippen molar-refractivity contribution in [2.75, 3.05) is 17.9 Å². The number of benzene rings is 2. The van der Waals surface area contributed by atoms with Crippen LogP contribution in [-0.2, 0) is 14.8 Å². The maximum Gasteiger partial charge on any atom is 0.335 e. The third-order valence-electron chi connectivity index (χ3n) is 4.22. The Bertz CT molecular complexity index is 918. The van der Waals surface area contributed by atoms with Crippen LogP contribution >= 0.6 is 0 Å². The van der Waals surface area contributed by atoms with Crippen molar-refractivity contribution < 1.29 is 27.8 Å². The number of anilines is 1. The summed E-state index contributed by atoms with van der Waals surface area (Å²) in [5.41, 5.74) is 1.13. The topological polar surface area (TPSA) is 102 Å². The quantitative estimate of drug-likeness (QED) is 0.752. The first-order valence-electron chi connectivity index (χ1n) is 8.56. The van der Waals surface area contributed by atoms with E-state index < -0.39 is 16.0 Å². The normalized spacial score (nSPS) is 16.9. The van der Waals surface area contributed by atoms with Crippen LogP contribution in [-0.4, -0.2) is 38.8 Å². The van der Waals surface area contributed by atoms with Crippen molar-refractivity contribution in [1.29, 1.82) is 0 Å². The molecule has 27 heavy (non-hydrogen) atoms. The molecule has 2 aromatic carbocycles. The molecule has 8 heteroatoms. The summed E-state index contributed by atoms with van der Waals surface area (Å²) < 4.78 is 39.4. The van der Waals surface area contributed by atoms with E-state index in [2.05, 4.69) is 4.72 Å². The average Bonchev–Trinajstić information content (AvgIpc) is 3.14. The predicted molar refractivity (Wildman–Crippen MR) is 99.9 cm³/mol. The molecule has 0 saturated carbocycles. The minimum absolute atomic E-state index is 0.0293. The van der Waals surface area contributed by atoms with Gasteiger partial charge in [-0.1, -0.05) is 6.07 Å². The largest absolute Gasteiger partial charge is 0.489 e. The molecule has 0 aliphatic carbocycles. The highest BCUT2D eigenvalue weighted by Gasteiger charge is 2.22. The van der Waals surface area contributed by atoms with Crippen molar-refractivity contribution in [3.8, 4) is 5.75 Å². The zero-order valence-corrected chi connectivity index (χ0v) is 15.7. The molecule has 0 radical (unpaired) electrons. The monoisotopic (exact) mass is 391 g/mol. The molecule has 1 atom stereocenters. The summed E-state index contributed by atoms with van der Waals surface area (Å²) in [5, 5.41) is 8.94. The van der Waals surface area contributed by atoms with Crippen molar-refractivity contribution in [3.63, 3.8) is 0 Å². The van der Waals surface area contributed by atoms with Crippen LogP contribution in [0.5, 0.6) is 5.75 Å². The molecule has 0 aromatic heterocycles. The highest BCUT2D eigenvalue weighted by Crippen LogP contribution is 2.28. The fourth-order valence-corrected chi connectivity index (χ4v) is 4.08. The van der Waals surface area contributed by atoms with Crippen molar-refractivity contribution in [2.24, 2.45) is 0 Å². The van der Waals surface area contributed by atoms with E-state index in [1.807, 2.05) is 0 Å². The zero-order chi connectivity index (χ0) is 19.4. The van der Waals surface area contributed by atoms with E-state index in [4.69, 9.17) is 14.6 Å². The number of ether oxygens (including phenoxy) is 2. The lowest BCUT2D eigenvalue weighted by Gasteiger charge is -2.16. The van der Waals surface area contributed by atoms with Gasteiger partial charge in [0.05, 0.1) is 11.7 Å². The van der Waals surface area contributed by atoms with Crippen LogP contribution in [0.1, 0.15) is 28.8 Å². The zero-order valence-electron chi connectivity index (χ0n) is 14.8. The molecule has 1 heterocycles. The Labute approximate surface area is 158 Å². The van der Waals surface area contributed by atoms with Crippen LogP contribution in [0.2, 0.25) is 0 Å². The molecule has 0 bridgehead atoms. The van der Waals surface area contributed by atoms with E-state index in [0.717, 1.165) is 18.4 Å². The van der Waals surface area contributed by atoms with Crippen LogP contribution in [0.4, 0.5) is 5.69 Å². The first kappa shape index (κ1) is 19.2. The van der Waals surface area contributed by atoms with E-state index in [-0.39, 0.29) is 28.0 Å². The number of hydrogen-bond donors (Lipinski definition) is 2. The van der Waals surface area contributed by atoms with Crippen LogP contribution in [0.15, 0.2) is 47.4 Å². The highest BCUT2D eigenvalue weighted by atomic mass is 32.2. The van der Waals surface area contributed by atoms with Gasteiger partial charge in [-0.2, -0.15) is 0 Å². The molecule has 7 nitrogen and oxygen atoms in total. The molecule has 144 valence electrons. The number of hydrogen-bond acceptors (Lipinski definition) is 5. The van der Waals surface area contributed by atoms with Gasteiger partial charge in [0.15, 0.2) is 0 Å². The molecular formula is C19H21NO6S. The second kappa shape index (κ2) is 7.98. The lowest BCUT2D eigenvalue weighted by Crippen LogP contribution is -2.19. The molecule has 2 N–H and O–H groups in total. The van der Waals surface area contributed by atoms with Gasteiger partial charge in [0.1, 0.15) is 17.3 Å². The third-order valence-corrected chi connectivity index (χ3v) is 5.62. The molecule has 1 saturated heterocycles. The van der Waals surface area contributed by atoms with Crippen LogP contribution in [0.3, 0.4) is 0 Å². The van der Waals surface area contributed by atoms with Crippen molar-refractivity contribution in [1.82, 2.24) is 0 Å². The molecule has 1 aliphatic heterocycles. The number of sulfonamides is 1. The Balaban J connectivity index is 1.81. The summed E-state index contributed by atoms with van der Waals surface area (Å²) in [4.78, 5) is 10.9. The van der Waals surface area contributed by atoms with Crippen LogP contribution in [0, 0.1) is 6.92 Å². The Kier molecular flexibility index (Phi) is 5.67. The van der Waals surface area contributed by atoms with E-state index in [1.165, 1.54) is 24.3 Å². The van der Waals surface area contributed by atoms with Crippen LogP contribution in [0.25, 0.3) is 0 Å². The maximum absolute atomic E-state index is 12.9. The standard InChI is InChI=1S/C19H21NO6S/c1-13-4-9-17(26-12-16-3-2-10-25-16)18(11-13)27(23,24)20-15-7-5-14(6-8-15)19(21)22/h4-9,11,16,20H,2-3,10,12H2,1H3,(H,21,22)/t16-/m1/s1. The van der Waals surface area contributed by atoms with E-state index >= 15 is 0 Å². The van der Waals surface area contributed by atoms with Gasteiger partial charge in [-0.25, -0.2) is 13.2 Å². The number of carbonyl (C=O) groups is 1. The fourth-order valence-electron chi connectivity index (χ4n) is 2.79. The minimum atomic E-state index is -3.91. The van der Waals surface area contributed by atoms with Gasteiger partial charge < -0.3 is 14.6 Å². The molecule has 1 fully saturated rings. The summed E-state index contributed by atoms with van der Waals surface area (Å²) >= 11 is 0. The summed E-state index contributed by atoms with van der Waals surface area (Å²) in [5.74, 6) is -0.821. The Morgan fingerprint density at radius 3 is 2.63 bits per heavy atom. The van der Waals surface area contributed by atoms with Gasteiger partial charge in [0.2, 0.25) is 0 Å². The first-order chi connectivity index (χ1) is 12.8. The van der Waals surface area contributed by atoms with Gasteiger partial charge in [0.25, 0.3) is 10.0 Å². The van der Waals surface area contributed by atoms with Gasteiger partial charge >= 0.3 is 5.97 Å². The first-order valence-corrected chi connectivity index (χ1v) is 10.0. The summed E-state index contributed by atoms with van der Waals surface area (Å²) in [7, 11) is -3.91. The Morgan fingerprint density at radius 2 is 2.00 bits per heavy atom. The lowest BCUT2D eigenvalue weighted by molar-refractivity contribution is 0.0669. The van der Waals surface area contributed by atoms with Crippen molar-refractivity contribution in [3.05, 3.63) is 53.6 Å². The maximum atomic E-state index is 12.9. The second-order valence-electron chi connectivity index (χ2n) is 6.38.